The van der Waals surface area contributed by atoms with E-state index in [1.165, 1.54) is 17.7 Å². The maximum atomic E-state index is 13.0. The van der Waals surface area contributed by atoms with E-state index in [4.69, 9.17) is 12.2 Å². The molecule has 0 spiro atoms. The third-order valence-electron chi connectivity index (χ3n) is 5.25. The van der Waals surface area contributed by atoms with Crippen LogP contribution in [0.5, 0.6) is 0 Å². The number of anilines is 1. The Morgan fingerprint density at radius 2 is 1.86 bits per heavy atom. The summed E-state index contributed by atoms with van der Waals surface area (Å²) in [4.78, 5) is 25.3. The molecule has 3 rings (SSSR count). The van der Waals surface area contributed by atoms with Crippen molar-refractivity contribution in [3.63, 3.8) is 0 Å². The van der Waals surface area contributed by atoms with Crippen LogP contribution in [0, 0.1) is 17.0 Å². The summed E-state index contributed by atoms with van der Waals surface area (Å²) in [6.07, 6.45) is 2.63. The van der Waals surface area contributed by atoms with Crippen LogP contribution in [-0.4, -0.2) is 40.0 Å². The number of carbonyl (C=O) groups excluding carboxylic acids is 1. The van der Waals surface area contributed by atoms with E-state index in [0.29, 0.717) is 5.11 Å². The molecule has 0 radical (unpaired) electrons. The van der Waals surface area contributed by atoms with Crippen molar-refractivity contribution in [3.8, 4) is 0 Å². The number of hydrogen-bond donors (Lipinski definition) is 2. The van der Waals surface area contributed by atoms with Gasteiger partial charge in [-0.15, -0.1) is 0 Å². The average Bonchev–Trinajstić information content (AvgIpc) is 3.16. The predicted octanol–water partition coefficient (Wildman–Crippen LogP) is 3.88. The molecule has 0 aliphatic heterocycles. The van der Waals surface area contributed by atoms with E-state index in [1.807, 2.05) is 31.2 Å². The summed E-state index contributed by atoms with van der Waals surface area (Å²) in [6, 6.07) is 13.9. The SMILES string of the molecule is Cc1ccc(NC(=S)NC2CCCC2N(C)C(=O)c2ccccc2[N+](=O)[O-])cc1. The highest BCUT2D eigenvalue weighted by Gasteiger charge is 2.35. The number of thiocarbonyl (C=S) groups is 1. The Hall–Kier alpha value is -3.00. The lowest BCUT2D eigenvalue weighted by atomic mass is 10.1. The number of nitro benzene ring substituents is 1. The second kappa shape index (κ2) is 9.00. The van der Waals surface area contributed by atoms with Crippen molar-refractivity contribution < 1.29 is 9.72 Å². The number of rotatable bonds is 5. The molecule has 1 aliphatic carbocycles. The van der Waals surface area contributed by atoms with Crippen molar-refractivity contribution >= 4 is 34.6 Å². The Morgan fingerprint density at radius 1 is 1.17 bits per heavy atom. The molecule has 2 unspecified atom stereocenters. The molecular weight excluding hydrogens is 388 g/mol. The molecule has 0 saturated heterocycles. The normalized spacial score (nSPS) is 18.1. The van der Waals surface area contributed by atoms with Crippen molar-refractivity contribution in [2.45, 2.75) is 38.3 Å². The zero-order valence-electron chi connectivity index (χ0n) is 16.4. The van der Waals surface area contributed by atoms with E-state index in [-0.39, 0.29) is 29.2 Å². The van der Waals surface area contributed by atoms with Gasteiger partial charge in [0.1, 0.15) is 5.56 Å². The molecule has 0 heterocycles. The van der Waals surface area contributed by atoms with Crippen molar-refractivity contribution in [1.29, 1.82) is 0 Å². The van der Waals surface area contributed by atoms with Gasteiger partial charge < -0.3 is 15.5 Å². The lowest BCUT2D eigenvalue weighted by molar-refractivity contribution is -0.385. The minimum atomic E-state index is -0.522. The molecule has 7 nitrogen and oxygen atoms in total. The Kier molecular flexibility index (Phi) is 6.43. The number of nitro groups is 1. The summed E-state index contributed by atoms with van der Waals surface area (Å²) in [5, 5.41) is 18.2. The van der Waals surface area contributed by atoms with Gasteiger partial charge >= 0.3 is 0 Å². The number of amides is 1. The van der Waals surface area contributed by atoms with Gasteiger partial charge in [0.25, 0.3) is 11.6 Å². The molecule has 2 N–H and O–H groups in total. The highest BCUT2D eigenvalue weighted by molar-refractivity contribution is 7.80. The fourth-order valence-electron chi connectivity index (χ4n) is 3.70. The predicted molar refractivity (Wildman–Crippen MR) is 117 cm³/mol. The third kappa shape index (κ3) is 4.89. The Balaban J connectivity index is 1.68. The van der Waals surface area contributed by atoms with E-state index in [9.17, 15) is 14.9 Å². The van der Waals surface area contributed by atoms with Crippen molar-refractivity contribution in [2.75, 3.05) is 12.4 Å². The van der Waals surface area contributed by atoms with Gasteiger partial charge in [-0.2, -0.15) is 0 Å². The lowest BCUT2D eigenvalue weighted by Crippen LogP contribution is -2.50. The first-order valence-electron chi connectivity index (χ1n) is 9.51. The van der Waals surface area contributed by atoms with E-state index >= 15 is 0 Å². The number of likely N-dealkylation sites (N-methyl/N-ethyl adjacent to an activating group) is 1. The van der Waals surface area contributed by atoms with Crippen molar-refractivity contribution in [3.05, 3.63) is 69.8 Å². The van der Waals surface area contributed by atoms with Gasteiger partial charge in [-0.05, 0) is 56.6 Å². The number of para-hydroxylation sites is 1. The summed E-state index contributed by atoms with van der Waals surface area (Å²) in [5.41, 5.74) is 1.99. The van der Waals surface area contributed by atoms with Crippen LogP contribution in [0.1, 0.15) is 35.2 Å². The second-order valence-corrected chi connectivity index (χ2v) is 7.67. The van der Waals surface area contributed by atoms with Crippen LogP contribution < -0.4 is 10.6 Å². The monoisotopic (exact) mass is 412 g/mol. The summed E-state index contributed by atoms with van der Waals surface area (Å²) < 4.78 is 0. The fourth-order valence-corrected chi connectivity index (χ4v) is 3.97. The largest absolute Gasteiger partial charge is 0.358 e. The zero-order chi connectivity index (χ0) is 21.0. The Bertz CT molecular complexity index is 916. The molecule has 1 aliphatic rings. The quantitative estimate of drug-likeness (QED) is 0.440. The molecule has 0 bridgehead atoms. The highest BCUT2D eigenvalue weighted by atomic mass is 32.1. The minimum Gasteiger partial charge on any atom is -0.358 e. The molecule has 1 saturated carbocycles. The highest BCUT2D eigenvalue weighted by Crippen LogP contribution is 2.27. The smallest absolute Gasteiger partial charge is 0.282 e. The number of benzene rings is 2. The summed E-state index contributed by atoms with van der Waals surface area (Å²) in [6.45, 7) is 2.02. The van der Waals surface area contributed by atoms with Crippen molar-refractivity contribution in [1.82, 2.24) is 10.2 Å². The van der Waals surface area contributed by atoms with Crippen LogP contribution >= 0.6 is 12.2 Å². The molecule has 29 heavy (non-hydrogen) atoms. The molecule has 152 valence electrons. The maximum Gasteiger partial charge on any atom is 0.282 e. The molecule has 8 heteroatoms. The van der Waals surface area contributed by atoms with E-state index < -0.39 is 4.92 Å². The number of aryl methyl sites for hydroxylation is 1. The molecule has 2 aromatic rings. The Labute approximate surface area is 175 Å². The molecule has 1 amide bonds. The summed E-state index contributed by atoms with van der Waals surface area (Å²) >= 11 is 5.44. The van der Waals surface area contributed by atoms with Crippen LogP contribution in [0.15, 0.2) is 48.5 Å². The summed E-state index contributed by atoms with van der Waals surface area (Å²) in [7, 11) is 1.69. The van der Waals surface area contributed by atoms with Crippen LogP contribution in [-0.2, 0) is 0 Å². The van der Waals surface area contributed by atoms with Gasteiger partial charge in [-0.3, -0.25) is 14.9 Å². The van der Waals surface area contributed by atoms with Crippen LogP contribution in [0.3, 0.4) is 0 Å². The second-order valence-electron chi connectivity index (χ2n) is 7.26. The van der Waals surface area contributed by atoms with Gasteiger partial charge in [-0.25, -0.2) is 0 Å². The molecule has 0 aromatic heterocycles. The Morgan fingerprint density at radius 3 is 2.55 bits per heavy atom. The van der Waals surface area contributed by atoms with E-state index in [0.717, 1.165) is 24.9 Å². The topological polar surface area (TPSA) is 87.5 Å². The number of hydrogen-bond acceptors (Lipinski definition) is 4. The number of nitrogens with zero attached hydrogens (tertiary/aromatic N) is 2. The standard InChI is InChI=1S/C21H24N4O3S/c1-14-10-12-15(13-11-14)22-21(29)23-17-7-5-9-19(17)24(2)20(26)16-6-3-4-8-18(16)25(27)28/h3-4,6,8,10-13,17,19H,5,7,9H2,1-2H3,(H2,22,23,29). The third-order valence-corrected chi connectivity index (χ3v) is 5.47. The molecule has 1 fully saturated rings. The van der Waals surface area contributed by atoms with Gasteiger partial charge in [0.15, 0.2) is 5.11 Å². The fraction of sp³-hybridized carbons (Fsp3) is 0.333. The first-order chi connectivity index (χ1) is 13.9. The zero-order valence-corrected chi connectivity index (χ0v) is 17.2. The summed E-state index contributed by atoms with van der Waals surface area (Å²) in [5.74, 6) is -0.353. The minimum absolute atomic E-state index is 0.0165. The van der Waals surface area contributed by atoms with Crippen molar-refractivity contribution in [2.24, 2.45) is 0 Å². The van der Waals surface area contributed by atoms with Crippen LogP contribution in [0.4, 0.5) is 11.4 Å². The number of nitrogens with one attached hydrogen (secondary N) is 2. The first kappa shape index (κ1) is 20.7. The maximum absolute atomic E-state index is 13.0. The van der Waals surface area contributed by atoms with Gasteiger partial charge in [0.05, 0.1) is 11.0 Å². The first-order valence-corrected chi connectivity index (χ1v) is 9.92. The van der Waals surface area contributed by atoms with E-state index in [2.05, 4.69) is 10.6 Å². The van der Waals surface area contributed by atoms with Crippen LogP contribution in [0.2, 0.25) is 0 Å². The average molecular weight is 413 g/mol. The lowest BCUT2D eigenvalue weighted by Gasteiger charge is -2.31. The van der Waals surface area contributed by atoms with Gasteiger partial charge in [0, 0.05) is 24.8 Å². The number of carbonyl (C=O) groups is 1. The molecule has 2 atom stereocenters. The van der Waals surface area contributed by atoms with Crippen LogP contribution in [0.25, 0.3) is 0 Å². The van der Waals surface area contributed by atoms with E-state index in [1.54, 1.807) is 24.1 Å². The van der Waals surface area contributed by atoms with Gasteiger partial charge in [-0.1, -0.05) is 29.8 Å². The molecular formula is C21H24N4O3S. The van der Waals surface area contributed by atoms with Gasteiger partial charge in [0.2, 0.25) is 0 Å². The molecule has 2 aromatic carbocycles.